The Balaban J connectivity index is 3.23. The number of hydrogen-bond acceptors (Lipinski definition) is 3. The SMILES string of the molecule is CC(C)(C)c1oc(=O)oc1CCl. The molecule has 0 atom stereocenters. The van der Waals surface area contributed by atoms with E-state index in [9.17, 15) is 4.79 Å². The van der Waals surface area contributed by atoms with Crippen molar-refractivity contribution < 1.29 is 8.83 Å². The van der Waals surface area contributed by atoms with E-state index in [0.717, 1.165) is 0 Å². The van der Waals surface area contributed by atoms with Gasteiger partial charge in [-0.05, 0) is 0 Å². The van der Waals surface area contributed by atoms with Crippen LogP contribution in [0, 0.1) is 0 Å². The van der Waals surface area contributed by atoms with Crippen molar-refractivity contribution in [3.8, 4) is 0 Å². The van der Waals surface area contributed by atoms with Gasteiger partial charge in [-0.3, -0.25) is 0 Å². The third-order valence-electron chi connectivity index (χ3n) is 1.45. The van der Waals surface area contributed by atoms with Crippen LogP contribution >= 0.6 is 11.6 Å². The second-order valence-corrected chi connectivity index (χ2v) is 3.86. The largest absolute Gasteiger partial charge is 0.519 e. The number of rotatable bonds is 1. The Labute approximate surface area is 75.3 Å². The Bertz CT molecular complexity index is 316. The van der Waals surface area contributed by atoms with Crippen molar-refractivity contribution >= 4 is 11.6 Å². The fraction of sp³-hybridized carbons (Fsp3) is 0.625. The minimum absolute atomic E-state index is 0.165. The number of hydrogen-bond donors (Lipinski definition) is 0. The van der Waals surface area contributed by atoms with Crippen LogP contribution < -0.4 is 5.82 Å². The van der Waals surface area contributed by atoms with Gasteiger partial charge in [-0.1, -0.05) is 20.8 Å². The zero-order chi connectivity index (χ0) is 9.35. The Morgan fingerprint density at radius 1 is 1.33 bits per heavy atom. The molecule has 0 fully saturated rings. The van der Waals surface area contributed by atoms with Gasteiger partial charge in [0.25, 0.3) is 0 Å². The molecule has 0 aliphatic carbocycles. The fourth-order valence-electron chi connectivity index (χ4n) is 0.967. The average Bonchev–Trinajstić information content (AvgIpc) is 2.29. The van der Waals surface area contributed by atoms with E-state index >= 15 is 0 Å². The summed E-state index contributed by atoms with van der Waals surface area (Å²) in [4.78, 5) is 10.7. The smallest absolute Gasteiger partial charge is 0.395 e. The van der Waals surface area contributed by atoms with Crippen LogP contribution in [0.4, 0.5) is 0 Å². The first-order chi connectivity index (χ1) is 5.45. The van der Waals surface area contributed by atoms with Crippen LogP contribution in [0.2, 0.25) is 0 Å². The molecular weight excluding hydrogens is 180 g/mol. The third kappa shape index (κ3) is 1.72. The van der Waals surface area contributed by atoms with Crippen LogP contribution in [0.5, 0.6) is 0 Å². The summed E-state index contributed by atoms with van der Waals surface area (Å²) in [6.45, 7) is 5.78. The van der Waals surface area contributed by atoms with Crippen LogP contribution in [0.25, 0.3) is 0 Å². The average molecular weight is 191 g/mol. The molecule has 1 aromatic heterocycles. The zero-order valence-corrected chi connectivity index (χ0v) is 8.07. The van der Waals surface area contributed by atoms with E-state index < -0.39 is 5.82 Å². The summed E-state index contributed by atoms with van der Waals surface area (Å²) in [6, 6.07) is 0. The van der Waals surface area contributed by atoms with Gasteiger partial charge in [-0.25, -0.2) is 4.79 Å². The highest BCUT2D eigenvalue weighted by Gasteiger charge is 2.24. The van der Waals surface area contributed by atoms with Crippen molar-refractivity contribution in [3.05, 3.63) is 22.1 Å². The molecule has 4 heteroatoms. The van der Waals surface area contributed by atoms with Gasteiger partial charge in [0, 0.05) is 5.41 Å². The maximum Gasteiger partial charge on any atom is 0.519 e. The number of halogens is 1. The number of alkyl halides is 1. The van der Waals surface area contributed by atoms with Gasteiger partial charge in [-0.2, -0.15) is 0 Å². The lowest BCUT2D eigenvalue weighted by molar-refractivity contribution is 0.344. The summed E-state index contributed by atoms with van der Waals surface area (Å²) in [7, 11) is 0. The summed E-state index contributed by atoms with van der Waals surface area (Å²) in [6.07, 6.45) is 0. The highest BCUT2D eigenvalue weighted by atomic mass is 35.5. The summed E-state index contributed by atoms with van der Waals surface area (Å²) >= 11 is 5.56. The van der Waals surface area contributed by atoms with Gasteiger partial charge in [0.2, 0.25) is 0 Å². The lowest BCUT2D eigenvalue weighted by Crippen LogP contribution is -2.12. The molecular formula is C8H11ClO3. The fourth-order valence-corrected chi connectivity index (χ4v) is 1.14. The van der Waals surface area contributed by atoms with E-state index in [-0.39, 0.29) is 11.3 Å². The molecule has 0 spiro atoms. The molecule has 0 saturated heterocycles. The molecule has 0 saturated carbocycles. The van der Waals surface area contributed by atoms with E-state index in [2.05, 4.69) is 0 Å². The minimum Gasteiger partial charge on any atom is -0.395 e. The maximum atomic E-state index is 10.7. The first-order valence-corrected chi connectivity index (χ1v) is 4.18. The quantitative estimate of drug-likeness (QED) is 0.638. The van der Waals surface area contributed by atoms with Crippen LogP contribution in [0.3, 0.4) is 0 Å². The molecule has 1 rings (SSSR count). The van der Waals surface area contributed by atoms with Crippen molar-refractivity contribution in [2.24, 2.45) is 0 Å². The first-order valence-electron chi connectivity index (χ1n) is 3.64. The summed E-state index contributed by atoms with van der Waals surface area (Å²) in [5.41, 5.74) is -0.240. The molecule has 0 N–H and O–H groups in total. The van der Waals surface area contributed by atoms with Crippen molar-refractivity contribution in [2.45, 2.75) is 32.1 Å². The second-order valence-electron chi connectivity index (χ2n) is 3.59. The maximum absolute atomic E-state index is 10.7. The highest BCUT2D eigenvalue weighted by Crippen LogP contribution is 2.25. The van der Waals surface area contributed by atoms with Gasteiger partial charge in [0.1, 0.15) is 0 Å². The molecule has 68 valence electrons. The molecule has 0 unspecified atom stereocenters. The van der Waals surface area contributed by atoms with Crippen molar-refractivity contribution in [2.75, 3.05) is 0 Å². The van der Waals surface area contributed by atoms with E-state index in [1.807, 2.05) is 20.8 Å². The summed E-state index contributed by atoms with van der Waals surface area (Å²) in [5, 5.41) is 0. The lowest BCUT2D eigenvalue weighted by Gasteiger charge is -2.13. The van der Waals surface area contributed by atoms with Gasteiger partial charge in [-0.15, -0.1) is 11.6 Å². The normalized spacial score (nSPS) is 12.0. The molecule has 0 amide bonds. The van der Waals surface area contributed by atoms with Crippen LogP contribution in [-0.2, 0) is 11.3 Å². The highest BCUT2D eigenvalue weighted by molar-refractivity contribution is 6.16. The third-order valence-corrected chi connectivity index (χ3v) is 1.69. The topological polar surface area (TPSA) is 43.4 Å². The van der Waals surface area contributed by atoms with Crippen LogP contribution in [-0.4, -0.2) is 0 Å². The van der Waals surface area contributed by atoms with E-state index in [1.165, 1.54) is 0 Å². The molecule has 0 bridgehead atoms. The molecule has 1 aromatic rings. The molecule has 0 aliphatic heterocycles. The van der Waals surface area contributed by atoms with E-state index in [0.29, 0.717) is 11.5 Å². The van der Waals surface area contributed by atoms with E-state index in [1.54, 1.807) is 0 Å². The summed E-state index contributed by atoms with van der Waals surface area (Å²) < 4.78 is 9.60. The Kier molecular flexibility index (Phi) is 2.33. The standard InChI is InChI=1S/C8H11ClO3/c1-8(2,3)6-5(4-9)11-7(10)12-6/h4H2,1-3H3. The zero-order valence-electron chi connectivity index (χ0n) is 7.31. The van der Waals surface area contributed by atoms with Crippen molar-refractivity contribution in [3.63, 3.8) is 0 Å². The van der Waals surface area contributed by atoms with E-state index in [4.69, 9.17) is 20.4 Å². The predicted molar refractivity (Wildman–Crippen MR) is 45.5 cm³/mol. The Morgan fingerprint density at radius 2 is 1.92 bits per heavy atom. The van der Waals surface area contributed by atoms with Crippen molar-refractivity contribution in [1.82, 2.24) is 0 Å². The Hall–Kier alpha value is -0.700. The van der Waals surface area contributed by atoms with Gasteiger partial charge >= 0.3 is 5.82 Å². The summed E-state index contributed by atoms with van der Waals surface area (Å²) in [5.74, 6) is 0.436. The monoisotopic (exact) mass is 190 g/mol. The Morgan fingerprint density at radius 3 is 2.25 bits per heavy atom. The minimum atomic E-state index is -0.685. The molecule has 12 heavy (non-hydrogen) atoms. The van der Waals surface area contributed by atoms with Gasteiger partial charge in [0.15, 0.2) is 11.5 Å². The first kappa shape index (κ1) is 9.39. The molecule has 3 nitrogen and oxygen atoms in total. The second kappa shape index (κ2) is 2.98. The van der Waals surface area contributed by atoms with Crippen LogP contribution in [0.1, 0.15) is 32.3 Å². The van der Waals surface area contributed by atoms with Gasteiger partial charge < -0.3 is 8.83 Å². The molecule has 0 radical (unpaired) electrons. The molecule has 0 aromatic carbocycles. The molecule has 0 aliphatic rings. The predicted octanol–water partition coefficient (Wildman–Crippen LogP) is 2.27. The van der Waals surface area contributed by atoms with Crippen LogP contribution in [0.15, 0.2) is 13.6 Å². The lowest BCUT2D eigenvalue weighted by atomic mass is 9.92. The van der Waals surface area contributed by atoms with Crippen molar-refractivity contribution in [1.29, 1.82) is 0 Å². The van der Waals surface area contributed by atoms with Gasteiger partial charge in [0.05, 0.1) is 5.88 Å². The molecule has 1 heterocycles.